The van der Waals surface area contributed by atoms with Crippen molar-refractivity contribution in [3.63, 3.8) is 0 Å². The number of nitrogens with zero attached hydrogens (tertiary/aromatic N) is 2. The summed E-state index contributed by atoms with van der Waals surface area (Å²) in [7, 11) is -2.96. The summed E-state index contributed by atoms with van der Waals surface area (Å²) >= 11 is 0. The zero-order valence-corrected chi connectivity index (χ0v) is 21.3. The third-order valence-electron chi connectivity index (χ3n) is 5.51. The Bertz CT molecular complexity index is 1080. The molecule has 2 heterocycles. The number of rotatable bonds is 6. The van der Waals surface area contributed by atoms with E-state index in [9.17, 15) is 19.3 Å². The fourth-order valence-electron chi connectivity index (χ4n) is 3.83. The minimum atomic E-state index is -2.96. The zero-order chi connectivity index (χ0) is 25.1. The second-order valence-electron chi connectivity index (χ2n) is 9.92. The summed E-state index contributed by atoms with van der Waals surface area (Å²) in [5.41, 5.74) is 1.000. The molecule has 1 aliphatic heterocycles. The third-order valence-corrected chi connectivity index (χ3v) is 6.83. The predicted molar refractivity (Wildman–Crippen MR) is 131 cm³/mol. The first-order valence-corrected chi connectivity index (χ1v) is 13.9. The van der Waals surface area contributed by atoms with Crippen LogP contribution in [0.2, 0.25) is 0 Å². The Balaban J connectivity index is 1.87. The highest BCUT2D eigenvalue weighted by Gasteiger charge is 2.32. The normalized spacial score (nSPS) is 15.1. The van der Waals surface area contributed by atoms with E-state index in [1.54, 1.807) is 18.2 Å². The molecule has 34 heavy (non-hydrogen) atoms. The van der Waals surface area contributed by atoms with E-state index in [-0.39, 0.29) is 35.4 Å². The van der Waals surface area contributed by atoms with E-state index in [0.717, 1.165) is 5.56 Å². The minimum absolute atomic E-state index is 0.0468. The molecule has 8 nitrogen and oxygen atoms in total. The van der Waals surface area contributed by atoms with Gasteiger partial charge in [0.2, 0.25) is 0 Å². The number of aromatic nitrogens is 1. The molecule has 1 aromatic carbocycles. The largest absolute Gasteiger partial charge is 0.486 e. The van der Waals surface area contributed by atoms with Gasteiger partial charge in [0.15, 0.2) is 5.75 Å². The van der Waals surface area contributed by atoms with Crippen molar-refractivity contribution in [2.24, 2.45) is 0 Å². The zero-order valence-electron chi connectivity index (χ0n) is 20.4. The van der Waals surface area contributed by atoms with Crippen LogP contribution in [0.1, 0.15) is 61.1 Å². The van der Waals surface area contributed by atoms with Gasteiger partial charge in [-0.3, -0.25) is 0 Å². The van der Waals surface area contributed by atoms with Crippen molar-refractivity contribution in [1.82, 2.24) is 9.88 Å². The Morgan fingerprint density at radius 3 is 2.29 bits per heavy atom. The molecule has 1 N–H and O–H groups in total. The van der Waals surface area contributed by atoms with Crippen LogP contribution in [0.5, 0.6) is 5.75 Å². The van der Waals surface area contributed by atoms with E-state index in [4.69, 9.17) is 9.47 Å². The number of amides is 1. The van der Waals surface area contributed by atoms with Crippen molar-refractivity contribution in [3.8, 4) is 5.75 Å². The van der Waals surface area contributed by atoms with Gasteiger partial charge in [0.25, 0.3) is 0 Å². The molecular formula is C25H33N2O6P. The first-order valence-electron chi connectivity index (χ1n) is 11.3. The average molecular weight is 489 g/mol. The smallest absolute Gasteiger partial charge is 0.410 e. The summed E-state index contributed by atoms with van der Waals surface area (Å²) < 4.78 is 24.5. The van der Waals surface area contributed by atoms with Crippen LogP contribution in [-0.4, -0.2) is 59.1 Å². The van der Waals surface area contributed by atoms with E-state index in [1.807, 2.05) is 51.1 Å². The molecule has 0 unspecified atom stereocenters. The Morgan fingerprint density at radius 1 is 1.15 bits per heavy atom. The summed E-state index contributed by atoms with van der Waals surface area (Å²) in [6, 6.07) is 10.9. The van der Waals surface area contributed by atoms with E-state index in [0.29, 0.717) is 31.6 Å². The van der Waals surface area contributed by atoms with Crippen LogP contribution in [0, 0.1) is 0 Å². The number of likely N-dealkylation sites (tertiary alicyclic amines) is 1. The summed E-state index contributed by atoms with van der Waals surface area (Å²) in [6.45, 7) is 9.69. The highest BCUT2D eigenvalue weighted by atomic mass is 31.2. The van der Waals surface area contributed by atoms with Crippen LogP contribution in [0.15, 0.2) is 36.4 Å². The summed E-state index contributed by atoms with van der Waals surface area (Å²) in [5.74, 6) is -1.17. The van der Waals surface area contributed by atoms with Crippen molar-refractivity contribution in [3.05, 3.63) is 53.2 Å². The second kappa shape index (κ2) is 10.2. The second-order valence-corrected chi connectivity index (χ2v) is 13.0. The maximum absolute atomic E-state index is 13.1. The van der Waals surface area contributed by atoms with Gasteiger partial charge in [-0.15, -0.1) is 0 Å². The van der Waals surface area contributed by atoms with Crippen LogP contribution in [0.3, 0.4) is 0 Å². The average Bonchev–Trinajstić information content (AvgIpc) is 2.76. The number of hydrogen-bond donors (Lipinski definition) is 1. The van der Waals surface area contributed by atoms with Gasteiger partial charge in [-0.05, 0) is 58.6 Å². The predicted octanol–water partition coefficient (Wildman–Crippen LogP) is 4.72. The molecule has 1 aliphatic rings. The van der Waals surface area contributed by atoms with E-state index in [2.05, 4.69) is 4.98 Å². The molecule has 1 saturated heterocycles. The van der Waals surface area contributed by atoms with Crippen LogP contribution in [0.4, 0.5) is 4.79 Å². The number of pyridine rings is 1. The lowest BCUT2D eigenvalue weighted by Gasteiger charge is -2.33. The van der Waals surface area contributed by atoms with Crippen LogP contribution in [-0.2, 0) is 15.9 Å². The maximum atomic E-state index is 13.1. The Labute approximate surface area is 200 Å². The quantitative estimate of drug-likeness (QED) is 0.587. The van der Waals surface area contributed by atoms with Gasteiger partial charge in [-0.25, -0.2) is 14.6 Å². The lowest BCUT2D eigenvalue weighted by Crippen LogP contribution is -2.41. The molecule has 1 amide bonds. The molecule has 0 saturated carbocycles. The Kier molecular flexibility index (Phi) is 7.71. The summed E-state index contributed by atoms with van der Waals surface area (Å²) in [6.07, 6.45) is 0.849. The molecule has 3 rings (SSSR count). The van der Waals surface area contributed by atoms with Gasteiger partial charge in [-0.1, -0.05) is 30.3 Å². The molecule has 184 valence electrons. The molecule has 0 spiro atoms. The summed E-state index contributed by atoms with van der Waals surface area (Å²) in [5, 5.41) is 9.93. The fourth-order valence-corrected chi connectivity index (χ4v) is 4.86. The van der Waals surface area contributed by atoms with Crippen molar-refractivity contribution in [2.75, 3.05) is 26.4 Å². The minimum Gasteiger partial charge on any atom is -0.486 e. The molecular weight excluding hydrogens is 455 g/mol. The van der Waals surface area contributed by atoms with Crippen molar-refractivity contribution in [2.45, 2.75) is 51.7 Å². The number of piperidine rings is 1. The number of carboxylic acids is 1. The molecule has 2 aromatic rings. The van der Waals surface area contributed by atoms with E-state index in [1.165, 1.54) is 6.07 Å². The molecule has 0 radical (unpaired) electrons. The Morgan fingerprint density at radius 2 is 1.76 bits per heavy atom. The van der Waals surface area contributed by atoms with Crippen molar-refractivity contribution >= 4 is 24.6 Å². The van der Waals surface area contributed by atoms with E-state index >= 15 is 0 Å². The number of benzene rings is 1. The molecule has 1 fully saturated rings. The first kappa shape index (κ1) is 25.8. The molecule has 1 aromatic heterocycles. The fraction of sp³-hybridized carbons (Fsp3) is 0.480. The van der Waals surface area contributed by atoms with Gasteiger partial charge in [0.1, 0.15) is 30.3 Å². The lowest BCUT2D eigenvalue weighted by atomic mass is 9.92. The molecule has 0 aliphatic carbocycles. The number of hydrogen-bond acceptors (Lipinski definition) is 6. The Hall–Kier alpha value is -2.86. The van der Waals surface area contributed by atoms with Gasteiger partial charge in [0.05, 0.1) is 0 Å². The van der Waals surface area contributed by atoms with Crippen molar-refractivity contribution < 1.29 is 28.7 Å². The number of carbonyl (C=O) groups is 2. The molecule has 0 atom stereocenters. The standard InChI is InChI=1S/C25H33N2O6P/c1-25(2,3)33-24(30)27-13-11-18(12-14-27)20-15-19(23(28)29)21(22(26-20)34(4,5)31)32-16-17-9-7-6-8-10-17/h6-10,15,18H,11-14,16H2,1-5H3,(H,28,29). The number of aromatic carboxylic acids is 1. The molecule has 0 bridgehead atoms. The van der Waals surface area contributed by atoms with Gasteiger partial charge >= 0.3 is 12.1 Å². The highest BCUT2D eigenvalue weighted by molar-refractivity contribution is 7.70. The van der Waals surface area contributed by atoms with Crippen LogP contribution < -0.4 is 10.2 Å². The van der Waals surface area contributed by atoms with E-state index < -0.39 is 18.7 Å². The van der Waals surface area contributed by atoms with Gasteiger partial charge in [0, 0.05) is 24.7 Å². The van der Waals surface area contributed by atoms with Crippen LogP contribution in [0.25, 0.3) is 0 Å². The molecule has 9 heteroatoms. The lowest BCUT2D eigenvalue weighted by molar-refractivity contribution is 0.0204. The monoisotopic (exact) mass is 488 g/mol. The van der Waals surface area contributed by atoms with Crippen LogP contribution >= 0.6 is 7.14 Å². The first-order chi connectivity index (χ1) is 15.8. The number of ether oxygens (including phenoxy) is 2. The van der Waals surface area contributed by atoms with Gasteiger partial charge in [-0.2, -0.15) is 0 Å². The summed E-state index contributed by atoms with van der Waals surface area (Å²) in [4.78, 5) is 30.9. The highest BCUT2D eigenvalue weighted by Crippen LogP contribution is 2.41. The van der Waals surface area contributed by atoms with Crippen molar-refractivity contribution in [1.29, 1.82) is 0 Å². The SMILES string of the molecule is CC(C)(C)OC(=O)N1CCC(c2cc(C(=O)O)c(OCc3ccccc3)c(P(C)(C)=O)n2)CC1. The third kappa shape index (κ3) is 6.60. The van der Waals surface area contributed by atoms with Gasteiger partial charge < -0.3 is 24.0 Å². The number of carboxylic acid groups (broad SMARTS) is 1. The number of carbonyl (C=O) groups excluding carboxylic acids is 1. The topological polar surface area (TPSA) is 106 Å². The maximum Gasteiger partial charge on any atom is 0.410 e.